The fourth-order valence-corrected chi connectivity index (χ4v) is 2.85. The number of anilines is 1. The van der Waals surface area contributed by atoms with Gasteiger partial charge in [-0.25, -0.2) is 4.39 Å². The molecule has 134 valence electrons. The van der Waals surface area contributed by atoms with Crippen LogP contribution in [0.25, 0.3) is 10.8 Å². The highest BCUT2D eigenvalue weighted by molar-refractivity contribution is 6.03. The van der Waals surface area contributed by atoms with Crippen LogP contribution in [0.2, 0.25) is 0 Å². The van der Waals surface area contributed by atoms with Gasteiger partial charge in [0.15, 0.2) is 11.9 Å². The van der Waals surface area contributed by atoms with E-state index in [9.17, 15) is 9.18 Å². The van der Waals surface area contributed by atoms with Crippen molar-refractivity contribution in [3.63, 3.8) is 0 Å². The van der Waals surface area contributed by atoms with Crippen LogP contribution in [0.1, 0.15) is 19.5 Å². The van der Waals surface area contributed by atoms with Crippen molar-refractivity contribution >= 4 is 22.5 Å². The number of hydrogen-bond donors (Lipinski definition) is 0. The first-order valence-corrected chi connectivity index (χ1v) is 8.47. The SMILES string of the molecule is CCN(C(=O)C(C)Oc1cccc(F)c1)c1nnc(C)c2ccccc12. The summed E-state index contributed by atoms with van der Waals surface area (Å²) in [6.07, 6.45) is -0.793. The van der Waals surface area contributed by atoms with Crippen LogP contribution in [-0.2, 0) is 4.79 Å². The van der Waals surface area contributed by atoms with Crippen molar-refractivity contribution in [3.05, 3.63) is 60.0 Å². The van der Waals surface area contributed by atoms with Gasteiger partial charge in [-0.05, 0) is 32.9 Å². The van der Waals surface area contributed by atoms with Crippen LogP contribution in [0.4, 0.5) is 10.2 Å². The first kappa shape index (κ1) is 17.8. The number of amides is 1. The Labute approximate surface area is 151 Å². The average Bonchev–Trinajstić information content (AvgIpc) is 2.64. The second-order valence-electron chi connectivity index (χ2n) is 5.95. The van der Waals surface area contributed by atoms with E-state index in [0.29, 0.717) is 18.1 Å². The lowest BCUT2D eigenvalue weighted by Crippen LogP contribution is -2.41. The first-order valence-electron chi connectivity index (χ1n) is 8.47. The van der Waals surface area contributed by atoms with Gasteiger partial charge >= 0.3 is 0 Å². The summed E-state index contributed by atoms with van der Waals surface area (Å²) in [5.74, 6) is 0.125. The summed E-state index contributed by atoms with van der Waals surface area (Å²) in [6, 6.07) is 13.4. The summed E-state index contributed by atoms with van der Waals surface area (Å²) in [4.78, 5) is 14.5. The lowest BCUT2D eigenvalue weighted by atomic mass is 10.1. The third-order valence-electron chi connectivity index (χ3n) is 4.15. The van der Waals surface area contributed by atoms with E-state index < -0.39 is 11.9 Å². The molecule has 3 aromatic rings. The highest BCUT2D eigenvalue weighted by Gasteiger charge is 2.25. The molecule has 1 unspecified atom stereocenters. The zero-order chi connectivity index (χ0) is 18.7. The normalized spacial score (nSPS) is 12.0. The number of fused-ring (bicyclic) bond motifs is 1. The number of halogens is 1. The number of carbonyl (C=O) groups excluding carboxylic acids is 1. The van der Waals surface area contributed by atoms with Gasteiger partial charge in [-0.1, -0.05) is 30.3 Å². The van der Waals surface area contributed by atoms with E-state index in [0.717, 1.165) is 16.5 Å². The maximum absolute atomic E-state index is 13.3. The van der Waals surface area contributed by atoms with Gasteiger partial charge in [-0.2, -0.15) is 5.10 Å². The average molecular weight is 353 g/mol. The molecule has 0 aliphatic heterocycles. The van der Waals surface area contributed by atoms with Crippen molar-refractivity contribution in [2.45, 2.75) is 26.9 Å². The van der Waals surface area contributed by atoms with Gasteiger partial charge in [0.2, 0.25) is 0 Å². The molecule has 0 spiro atoms. The van der Waals surface area contributed by atoms with E-state index in [1.165, 1.54) is 12.1 Å². The van der Waals surface area contributed by atoms with E-state index in [2.05, 4.69) is 10.2 Å². The fourth-order valence-electron chi connectivity index (χ4n) is 2.85. The number of benzene rings is 2. The van der Waals surface area contributed by atoms with E-state index in [1.807, 2.05) is 38.1 Å². The molecule has 26 heavy (non-hydrogen) atoms. The monoisotopic (exact) mass is 353 g/mol. The minimum atomic E-state index is -0.793. The van der Waals surface area contributed by atoms with Crippen LogP contribution in [0, 0.1) is 12.7 Å². The molecule has 3 rings (SSSR count). The zero-order valence-corrected chi connectivity index (χ0v) is 14.9. The van der Waals surface area contributed by atoms with Crippen molar-refractivity contribution in [2.24, 2.45) is 0 Å². The molecule has 0 saturated carbocycles. The largest absolute Gasteiger partial charge is 0.481 e. The predicted octanol–water partition coefficient (Wildman–Crippen LogP) is 3.90. The van der Waals surface area contributed by atoms with Crippen molar-refractivity contribution in [1.82, 2.24) is 10.2 Å². The van der Waals surface area contributed by atoms with Gasteiger partial charge in [0, 0.05) is 23.4 Å². The van der Waals surface area contributed by atoms with Crippen LogP contribution in [-0.4, -0.2) is 28.8 Å². The quantitative estimate of drug-likeness (QED) is 0.698. The Morgan fingerprint density at radius 3 is 2.58 bits per heavy atom. The Hall–Kier alpha value is -3.02. The molecular weight excluding hydrogens is 333 g/mol. The fraction of sp³-hybridized carbons (Fsp3) is 0.250. The lowest BCUT2D eigenvalue weighted by Gasteiger charge is -2.25. The number of likely N-dealkylation sites (N-methyl/N-ethyl adjacent to an activating group) is 1. The molecule has 0 aliphatic rings. The minimum absolute atomic E-state index is 0.264. The van der Waals surface area contributed by atoms with E-state index in [1.54, 1.807) is 24.0 Å². The molecule has 1 amide bonds. The van der Waals surface area contributed by atoms with E-state index in [-0.39, 0.29) is 5.91 Å². The number of carbonyl (C=O) groups is 1. The zero-order valence-electron chi connectivity index (χ0n) is 14.9. The molecule has 0 bridgehead atoms. The molecule has 2 aromatic carbocycles. The number of nitrogens with zero attached hydrogens (tertiary/aromatic N) is 3. The third-order valence-corrected chi connectivity index (χ3v) is 4.15. The van der Waals surface area contributed by atoms with Gasteiger partial charge in [0.1, 0.15) is 11.6 Å². The Morgan fingerprint density at radius 1 is 1.15 bits per heavy atom. The van der Waals surface area contributed by atoms with Gasteiger partial charge in [-0.15, -0.1) is 5.10 Å². The van der Waals surface area contributed by atoms with Crippen molar-refractivity contribution in [1.29, 1.82) is 0 Å². The smallest absolute Gasteiger partial charge is 0.268 e. The first-order chi connectivity index (χ1) is 12.5. The number of rotatable bonds is 5. The maximum Gasteiger partial charge on any atom is 0.268 e. The molecule has 0 radical (unpaired) electrons. The van der Waals surface area contributed by atoms with Gasteiger partial charge < -0.3 is 4.74 Å². The molecule has 6 heteroatoms. The van der Waals surface area contributed by atoms with E-state index >= 15 is 0 Å². The summed E-state index contributed by atoms with van der Waals surface area (Å²) in [5, 5.41) is 10.2. The molecule has 0 fully saturated rings. The number of hydrogen-bond acceptors (Lipinski definition) is 4. The second kappa shape index (κ2) is 7.47. The Kier molecular flexibility index (Phi) is 5.11. The van der Waals surface area contributed by atoms with Crippen LogP contribution >= 0.6 is 0 Å². The molecular formula is C20H20FN3O2. The summed E-state index contributed by atoms with van der Waals surface area (Å²) in [5.41, 5.74) is 0.803. The Bertz CT molecular complexity index is 945. The van der Waals surface area contributed by atoms with Gasteiger partial charge in [0.05, 0.1) is 5.69 Å². The topological polar surface area (TPSA) is 55.3 Å². The highest BCUT2D eigenvalue weighted by atomic mass is 19.1. The molecule has 0 aliphatic carbocycles. The van der Waals surface area contributed by atoms with Crippen molar-refractivity contribution in [3.8, 4) is 5.75 Å². The van der Waals surface area contributed by atoms with E-state index in [4.69, 9.17) is 4.74 Å². The number of aryl methyl sites for hydroxylation is 1. The lowest BCUT2D eigenvalue weighted by molar-refractivity contribution is -0.124. The van der Waals surface area contributed by atoms with Crippen LogP contribution in [0.3, 0.4) is 0 Å². The minimum Gasteiger partial charge on any atom is -0.481 e. The molecule has 1 atom stereocenters. The Morgan fingerprint density at radius 2 is 1.88 bits per heavy atom. The molecule has 1 aromatic heterocycles. The summed E-state index contributed by atoms with van der Waals surface area (Å²) < 4.78 is 18.9. The van der Waals surface area contributed by atoms with Crippen LogP contribution in [0.5, 0.6) is 5.75 Å². The second-order valence-corrected chi connectivity index (χ2v) is 5.95. The van der Waals surface area contributed by atoms with Crippen molar-refractivity contribution in [2.75, 3.05) is 11.4 Å². The molecule has 0 saturated heterocycles. The van der Waals surface area contributed by atoms with Gasteiger partial charge in [-0.3, -0.25) is 9.69 Å². The van der Waals surface area contributed by atoms with Crippen LogP contribution < -0.4 is 9.64 Å². The predicted molar refractivity (Wildman–Crippen MR) is 98.8 cm³/mol. The number of aromatic nitrogens is 2. The summed E-state index contributed by atoms with van der Waals surface area (Å²) >= 11 is 0. The highest BCUT2D eigenvalue weighted by Crippen LogP contribution is 2.26. The van der Waals surface area contributed by atoms with Gasteiger partial charge in [0.25, 0.3) is 5.91 Å². The number of ether oxygens (including phenoxy) is 1. The molecule has 0 N–H and O–H groups in total. The molecule has 1 heterocycles. The van der Waals surface area contributed by atoms with Crippen LogP contribution in [0.15, 0.2) is 48.5 Å². The molecule has 5 nitrogen and oxygen atoms in total. The third kappa shape index (κ3) is 3.49. The summed E-state index contributed by atoms with van der Waals surface area (Å²) in [6.45, 7) is 5.80. The van der Waals surface area contributed by atoms with Crippen molar-refractivity contribution < 1.29 is 13.9 Å². The maximum atomic E-state index is 13.3. The Balaban J connectivity index is 1.91. The standard InChI is InChI=1S/C20H20FN3O2/c1-4-24(19-18-11-6-5-10-17(18)13(2)22-23-19)20(25)14(3)26-16-9-7-8-15(21)12-16/h5-12,14H,4H2,1-3H3. The summed E-state index contributed by atoms with van der Waals surface area (Å²) in [7, 11) is 0.